The molecule has 0 aliphatic carbocycles. The van der Waals surface area contributed by atoms with Crippen LogP contribution in [-0.4, -0.2) is 50.1 Å². The monoisotopic (exact) mass is 237 g/mol. The van der Waals surface area contributed by atoms with Gasteiger partial charge < -0.3 is 15.1 Å². The molecule has 0 aromatic rings. The van der Waals surface area contributed by atoms with Gasteiger partial charge in [0.2, 0.25) is 0 Å². The number of carbonyl (C=O) groups is 1. The zero-order valence-corrected chi connectivity index (χ0v) is 11.3. The van der Waals surface area contributed by atoms with Gasteiger partial charge in [-0.15, -0.1) is 0 Å². The van der Waals surface area contributed by atoms with E-state index in [4.69, 9.17) is 0 Å². The number of likely N-dealkylation sites (N-methyl/N-ethyl adjacent to an activating group) is 2. The van der Waals surface area contributed by atoms with Crippen LogP contribution in [0.15, 0.2) is 36.6 Å². The molecule has 0 aliphatic heterocycles. The van der Waals surface area contributed by atoms with Crippen molar-refractivity contribution >= 4 is 6.03 Å². The lowest BCUT2D eigenvalue weighted by molar-refractivity contribution is 0.207. The predicted molar refractivity (Wildman–Crippen MR) is 72.8 cm³/mol. The summed E-state index contributed by atoms with van der Waals surface area (Å²) in [4.78, 5) is 15.4. The second kappa shape index (κ2) is 7.68. The molecule has 1 N–H and O–H groups in total. The van der Waals surface area contributed by atoms with E-state index in [1.165, 1.54) is 0 Å². The van der Waals surface area contributed by atoms with Crippen molar-refractivity contribution in [3.63, 3.8) is 0 Å². The molecule has 4 heteroatoms. The largest absolute Gasteiger partial charge is 0.326 e. The molecule has 0 atom stereocenters. The molecular weight excluding hydrogens is 214 g/mol. The molecule has 0 bridgehead atoms. The minimum Gasteiger partial charge on any atom is -0.326 e. The van der Waals surface area contributed by atoms with Crippen molar-refractivity contribution < 1.29 is 4.79 Å². The number of rotatable bonds is 6. The van der Waals surface area contributed by atoms with Crippen molar-refractivity contribution in [2.75, 3.05) is 34.2 Å². The van der Waals surface area contributed by atoms with Crippen LogP contribution < -0.4 is 5.32 Å². The summed E-state index contributed by atoms with van der Waals surface area (Å²) in [6.45, 7) is 10.8. The lowest BCUT2D eigenvalue weighted by Gasteiger charge is -2.20. The summed E-state index contributed by atoms with van der Waals surface area (Å²) in [5.41, 5.74) is 1.54. The zero-order chi connectivity index (χ0) is 13.4. The van der Waals surface area contributed by atoms with Gasteiger partial charge in [0.25, 0.3) is 0 Å². The molecule has 0 spiro atoms. The summed E-state index contributed by atoms with van der Waals surface area (Å²) in [6, 6.07) is -0.148. The Hall–Kier alpha value is -1.55. The number of nitrogens with zero attached hydrogens (tertiary/aromatic N) is 2. The first-order valence-electron chi connectivity index (χ1n) is 5.53. The molecule has 17 heavy (non-hydrogen) atoms. The Morgan fingerprint density at radius 3 is 2.35 bits per heavy atom. The summed E-state index contributed by atoms with van der Waals surface area (Å²) >= 11 is 0. The summed E-state index contributed by atoms with van der Waals surface area (Å²) in [6.07, 6.45) is 3.50. The van der Waals surface area contributed by atoms with E-state index >= 15 is 0 Å². The fourth-order valence-electron chi connectivity index (χ4n) is 1.05. The Morgan fingerprint density at radius 1 is 1.29 bits per heavy atom. The smallest absolute Gasteiger partial charge is 0.321 e. The van der Waals surface area contributed by atoms with Crippen molar-refractivity contribution in [3.8, 4) is 0 Å². The van der Waals surface area contributed by atoms with Crippen LogP contribution in [0.4, 0.5) is 4.79 Å². The van der Waals surface area contributed by atoms with Crippen molar-refractivity contribution in [3.05, 3.63) is 36.6 Å². The first-order chi connectivity index (χ1) is 7.86. The first kappa shape index (κ1) is 15.4. The van der Waals surface area contributed by atoms with Crippen LogP contribution in [0, 0.1) is 0 Å². The highest BCUT2D eigenvalue weighted by Crippen LogP contribution is 1.99. The van der Waals surface area contributed by atoms with E-state index < -0.39 is 0 Å². The highest BCUT2D eigenvalue weighted by molar-refractivity contribution is 5.76. The van der Waals surface area contributed by atoms with Gasteiger partial charge >= 0.3 is 6.03 Å². The minimum atomic E-state index is -0.148. The van der Waals surface area contributed by atoms with Gasteiger partial charge in [-0.05, 0) is 32.7 Å². The number of carbonyl (C=O) groups excluding carboxylic acids is 1. The second-order valence-electron chi connectivity index (χ2n) is 4.27. The van der Waals surface area contributed by atoms with Gasteiger partial charge in [-0.25, -0.2) is 4.79 Å². The number of urea groups is 1. The maximum absolute atomic E-state index is 11.7. The normalized spacial score (nSPS) is 11.2. The summed E-state index contributed by atoms with van der Waals surface area (Å²) < 4.78 is 0. The number of hydrogen-bond donors (Lipinski definition) is 1. The van der Waals surface area contributed by atoms with E-state index in [1.807, 2.05) is 25.9 Å². The number of hydrogen-bond acceptors (Lipinski definition) is 2. The SMILES string of the molecule is C=C/C(C)=C\C(=C)NC(=O)N(C)CCN(C)C. The quantitative estimate of drug-likeness (QED) is 0.715. The molecule has 0 unspecified atom stereocenters. The number of amides is 2. The molecule has 0 radical (unpaired) electrons. The van der Waals surface area contributed by atoms with Crippen LogP contribution in [0.25, 0.3) is 0 Å². The Balaban J connectivity index is 4.16. The molecule has 0 rings (SSSR count). The maximum atomic E-state index is 11.7. The van der Waals surface area contributed by atoms with Crippen LogP contribution in [0.2, 0.25) is 0 Å². The average molecular weight is 237 g/mol. The molecule has 0 aromatic heterocycles. The van der Waals surface area contributed by atoms with Gasteiger partial charge in [0.15, 0.2) is 0 Å². The third kappa shape index (κ3) is 7.36. The maximum Gasteiger partial charge on any atom is 0.321 e. The van der Waals surface area contributed by atoms with Crippen LogP contribution in [0.3, 0.4) is 0 Å². The Morgan fingerprint density at radius 2 is 1.88 bits per heavy atom. The lowest BCUT2D eigenvalue weighted by Crippen LogP contribution is -2.39. The molecule has 2 amide bonds. The minimum absolute atomic E-state index is 0.148. The molecule has 4 nitrogen and oxygen atoms in total. The molecule has 0 saturated heterocycles. The van der Waals surface area contributed by atoms with Crippen molar-refractivity contribution in [2.24, 2.45) is 0 Å². The summed E-state index contributed by atoms with van der Waals surface area (Å²) in [5.74, 6) is 0. The topological polar surface area (TPSA) is 35.6 Å². The molecule has 0 aliphatic rings. The van der Waals surface area contributed by atoms with Gasteiger partial charge in [0.1, 0.15) is 0 Å². The molecular formula is C13H23N3O. The van der Waals surface area contributed by atoms with Gasteiger partial charge in [0.05, 0.1) is 0 Å². The first-order valence-corrected chi connectivity index (χ1v) is 5.53. The van der Waals surface area contributed by atoms with Crippen molar-refractivity contribution in [1.82, 2.24) is 15.1 Å². The molecule has 0 saturated carbocycles. The fraction of sp³-hybridized carbons (Fsp3) is 0.462. The molecule has 0 aromatic carbocycles. The molecule has 0 heterocycles. The van der Waals surface area contributed by atoms with Gasteiger partial charge in [-0.3, -0.25) is 0 Å². The van der Waals surface area contributed by atoms with Crippen LogP contribution >= 0.6 is 0 Å². The third-order valence-electron chi connectivity index (χ3n) is 2.22. The third-order valence-corrected chi connectivity index (χ3v) is 2.22. The standard InChI is InChI=1S/C13H23N3O/c1-7-11(2)10-12(3)14-13(17)16(6)9-8-15(4)5/h7,10H,1,3,8-9H2,2,4-6H3,(H,14,17)/b11-10-. The molecule has 96 valence electrons. The second-order valence-corrected chi connectivity index (χ2v) is 4.27. The average Bonchev–Trinajstić information content (AvgIpc) is 2.25. The predicted octanol–water partition coefficient (Wildman–Crippen LogP) is 1.84. The summed E-state index contributed by atoms with van der Waals surface area (Å²) in [5, 5.41) is 2.72. The Bertz CT molecular complexity index is 319. The van der Waals surface area contributed by atoms with Crippen LogP contribution in [0.1, 0.15) is 6.92 Å². The van der Waals surface area contributed by atoms with Crippen LogP contribution in [0.5, 0.6) is 0 Å². The van der Waals surface area contributed by atoms with Gasteiger partial charge in [0, 0.05) is 25.8 Å². The van der Waals surface area contributed by atoms with E-state index in [1.54, 1.807) is 24.1 Å². The summed E-state index contributed by atoms with van der Waals surface area (Å²) in [7, 11) is 5.71. The Labute approximate surface area is 104 Å². The van der Waals surface area contributed by atoms with E-state index in [9.17, 15) is 4.79 Å². The van der Waals surface area contributed by atoms with E-state index in [0.717, 1.165) is 12.1 Å². The van der Waals surface area contributed by atoms with Crippen molar-refractivity contribution in [1.29, 1.82) is 0 Å². The highest BCUT2D eigenvalue weighted by atomic mass is 16.2. The number of allylic oxidation sites excluding steroid dienone is 3. The zero-order valence-electron chi connectivity index (χ0n) is 11.3. The highest BCUT2D eigenvalue weighted by Gasteiger charge is 2.08. The van der Waals surface area contributed by atoms with E-state index in [2.05, 4.69) is 18.5 Å². The van der Waals surface area contributed by atoms with Gasteiger partial charge in [-0.1, -0.05) is 19.2 Å². The van der Waals surface area contributed by atoms with Gasteiger partial charge in [-0.2, -0.15) is 0 Å². The number of nitrogens with one attached hydrogen (secondary N) is 1. The van der Waals surface area contributed by atoms with E-state index in [-0.39, 0.29) is 6.03 Å². The van der Waals surface area contributed by atoms with Crippen molar-refractivity contribution in [2.45, 2.75) is 6.92 Å². The Kier molecular flexibility index (Phi) is 6.98. The van der Waals surface area contributed by atoms with Crippen LogP contribution in [-0.2, 0) is 0 Å². The lowest BCUT2D eigenvalue weighted by atomic mass is 10.2. The van der Waals surface area contributed by atoms with E-state index in [0.29, 0.717) is 12.2 Å². The molecule has 0 fully saturated rings. The fourth-order valence-corrected chi connectivity index (χ4v) is 1.05.